The van der Waals surface area contributed by atoms with E-state index in [-0.39, 0.29) is 12.2 Å². The Kier molecular flexibility index (Phi) is 10.0. The van der Waals surface area contributed by atoms with Gasteiger partial charge < -0.3 is 24.0 Å². The number of hydrogen-bond acceptors (Lipinski definition) is 8. The summed E-state index contributed by atoms with van der Waals surface area (Å²) in [6.07, 6.45) is 3.31. The number of nitrogens with zero attached hydrogens (tertiary/aromatic N) is 6. The Balaban J connectivity index is 1.56. The van der Waals surface area contributed by atoms with Crippen molar-refractivity contribution < 1.29 is 19.0 Å². The second-order valence-corrected chi connectivity index (χ2v) is 17.4. The molecule has 1 saturated heterocycles. The number of hydrogen-bond donors (Lipinski definition) is 0. The number of rotatable bonds is 12. The Labute approximate surface area is 238 Å². The molecule has 0 saturated carbocycles. The smallest absolute Gasteiger partial charge is 0.409 e. The molecule has 11 heteroatoms. The SMILES string of the molecule is CCCCOC(=O)N1CCN(c2cc(-c3c4cc(OC(C)C)ccc4nn3COCC[Si](C)(C)C)ncn2)CC1. The van der Waals surface area contributed by atoms with Gasteiger partial charge in [0.15, 0.2) is 0 Å². The van der Waals surface area contributed by atoms with Gasteiger partial charge >= 0.3 is 6.09 Å². The molecule has 1 aliphatic heterocycles. The maximum Gasteiger partial charge on any atom is 0.409 e. The number of ether oxygens (including phenoxy) is 3. The molecule has 1 amide bonds. The lowest BCUT2D eigenvalue weighted by molar-refractivity contribution is 0.0802. The van der Waals surface area contributed by atoms with Crippen LogP contribution < -0.4 is 9.64 Å². The molecule has 0 N–H and O–H groups in total. The summed E-state index contributed by atoms with van der Waals surface area (Å²) in [7, 11) is -1.21. The molecule has 10 nitrogen and oxygen atoms in total. The molecule has 1 aromatic carbocycles. The average molecular weight is 569 g/mol. The van der Waals surface area contributed by atoms with E-state index in [0.29, 0.717) is 46.1 Å². The Morgan fingerprint density at radius 1 is 1.05 bits per heavy atom. The summed E-state index contributed by atoms with van der Waals surface area (Å²) in [5.74, 6) is 1.61. The number of unbranched alkanes of at least 4 members (excludes halogenated alkanes) is 1. The normalized spacial score (nSPS) is 14.3. The van der Waals surface area contributed by atoms with Crippen molar-refractivity contribution in [3.05, 3.63) is 30.6 Å². The van der Waals surface area contributed by atoms with E-state index in [0.717, 1.165) is 52.7 Å². The zero-order valence-corrected chi connectivity index (χ0v) is 25.9. The van der Waals surface area contributed by atoms with Gasteiger partial charge in [0.1, 0.15) is 24.6 Å². The van der Waals surface area contributed by atoms with Crippen molar-refractivity contribution in [2.45, 2.75) is 72.1 Å². The van der Waals surface area contributed by atoms with E-state index >= 15 is 0 Å². The first-order chi connectivity index (χ1) is 19.1. The lowest BCUT2D eigenvalue weighted by Crippen LogP contribution is -2.49. The number of fused-ring (bicyclic) bond motifs is 1. The fourth-order valence-corrected chi connectivity index (χ4v) is 5.27. The summed E-state index contributed by atoms with van der Waals surface area (Å²) >= 11 is 0. The number of carbonyl (C=O) groups excluding carboxylic acids is 1. The topological polar surface area (TPSA) is 94.8 Å². The number of piperazine rings is 1. The minimum absolute atomic E-state index is 0.0640. The van der Waals surface area contributed by atoms with Crippen LogP contribution in [-0.2, 0) is 16.2 Å². The Morgan fingerprint density at radius 3 is 2.52 bits per heavy atom. The summed E-state index contributed by atoms with van der Waals surface area (Å²) in [5, 5.41) is 5.82. The Bertz CT molecular complexity index is 1270. The highest BCUT2D eigenvalue weighted by Gasteiger charge is 2.24. The molecule has 3 aromatic rings. The van der Waals surface area contributed by atoms with Gasteiger partial charge in [-0.3, -0.25) is 0 Å². The number of carbonyl (C=O) groups is 1. The van der Waals surface area contributed by atoms with Crippen LogP contribution in [0.15, 0.2) is 30.6 Å². The Hall–Kier alpha value is -3.18. The summed E-state index contributed by atoms with van der Waals surface area (Å²) in [4.78, 5) is 25.6. The van der Waals surface area contributed by atoms with E-state index in [4.69, 9.17) is 19.3 Å². The van der Waals surface area contributed by atoms with Crippen molar-refractivity contribution in [2.24, 2.45) is 0 Å². The van der Waals surface area contributed by atoms with Crippen LogP contribution in [0, 0.1) is 0 Å². The monoisotopic (exact) mass is 568 g/mol. The van der Waals surface area contributed by atoms with Crippen molar-refractivity contribution in [2.75, 3.05) is 44.3 Å². The molecule has 3 heterocycles. The third-order valence-corrected chi connectivity index (χ3v) is 8.48. The third-order valence-electron chi connectivity index (χ3n) is 6.77. The van der Waals surface area contributed by atoms with Crippen LogP contribution in [-0.4, -0.2) is 84.3 Å². The van der Waals surface area contributed by atoms with E-state index in [9.17, 15) is 4.79 Å². The molecule has 1 fully saturated rings. The minimum Gasteiger partial charge on any atom is -0.491 e. The maximum atomic E-state index is 12.4. The first-order valence-electron chi connectivity index (χ1n) is 14.4. The van der Waals surface area contributed by atoms with Crippen LogP contribution in [0.4, 0.5) is 10.6 Å². The zero-order chi connectivity index (χ0) is 28.7. The van der Waals surface area contributed by atoms with Gasteiger partial charge in [-0.25, -0.2) is 19.4 Å². The summed E-state index contributed by atoms with van der Waals surface area (Å²) in [5.41, 5.74) is 2.50. The number of amides is 1. The van der Waals surface area contributed by atoms with Crippen molar-refractivity contribution in [3.8, 4) is 17.1 Å². The molecule has 0 aliphatic carbocycles. The van der Waals surface area contributed by atoms with Crippen LogP contribution in [0.1, 0.15) is 33.6 Å². The first-order valence-corrected chi connectivity index (χ1v) is 18.1. The molecule has 0 unspecified atom stereocenters. The lowest BCUT2D eigenvalue weighted by Gasteiger charge is -2.34. The Morgan fingerprint density at radius 2 is 1.82 bits per heavy atom. The van der Waals surface area contributed by atoms with Crippen LogP contribution >= 0.6 is 0 Å². The van der Waals surface area contributed by atoms with E-state index in [1.165, 1.54) is 0 Å². The zero-order valence-electron chi connectivity index (χ0n) is 24.9. The second kappa shape index (κ2) is 13.4. The molecule has 0 bridgehead atoms. The number of aromatic nitrogens is 4. The predicted molar refractivity (Wildman–Crippen MR) is 161 cm³/mol. The standard InChI is InChI=1S/C29H44N6O4Si/c1-7-8-15-38-29(36)34-13-11-33(12-14-34)27-19-26(30-20-31-27)28-24-18-23(39-22(2)3)9-10-25(24)32-35(28)21-37-16-17-40(4,5)6/h9-10,18-20,22H,7-8,11-17,21H2,1-6H3. The molecule has 1 aliphatic rings. The summed E-state index contributed by atoms with van der Waals surface area (Å²) in [6.45, 7) is 17.2. The number of anilines is 1. The van der Waals surface area contributed by atoms with Gasteiger partial charge in [-0.2, -0.15) is 5.10 Å². The van der Waals surface area contributed by atoms with Crippen LogP contribution in [0.3, 0.4) is 0 Å². The average Bonchev–Trinajstić information content (AvgIpc) is 3.28. The highest BCUT2D eigenvalue weighted by molar-refractivity contribution is 6.76. The van der Waals surface area contributed by atoms with E-state index in [1.807, 2.05) is 42.8 Å². The second-order valence-electron chi connectivity index (χ2n) is 11.7. The molecule has 4 rings (SSSR count). The van der Waals surface area contributed by atoms with Gasteiger partial charge in [-0.1, -0.05) is 33.0 Å². The van der Waals surface area contributed by atoms with Gasteiger partial charge in [0.25, 0.3) is 0 Å². The van der Waals surface area contributed by atoms with Gasteiger partial charge in [-0.05, 0) is 44.5 Å². The number of benzene rings is 1. The first kappa shape index (κ1) is 29.8. The quantitative estimate of drug-likeness (QED) is 0.204. The van der Waals surface area contributed by atoms with Gasteiger partial charge in [0.2, 0.25) is 0 Å². The third kappa shape index (κ3) is 7.94. The largest absolute Gasteiger partial charge is 0.491 e. The molecule has 0 radical (unpaired) electrons. The fraction of sp³-hybridized carbons (Fsp3) is 0.586. The maximum absolute atomic E-state index is 12.4. The van der Waals surface area contributed by atoms with Crippen molar-refractivity contribution in [1.29, 1.82) is 0 Å². The minimum atomic E-state index is -1.21. The molecular weight excluding hydrogens is 524 g/mol. The molecule has 2 aromatic heterocycles. The van der Waals surface area contributed by atoms with E-state index in [1.54, 1.807) is 11.2 Å². The van der Waals surface area contributed by atoms with Gasteiger partial charge in [0, 0.05) is 52.3 Å². The highest BCUT2D eigenvalue weighted by atomic mass is 28.3. The molecule has 40 heavy (non-hydrogen) atoms. The molecule has 0 spiro atoms. The van der Waals surface area contributed by atoms with Crippen molar-refractivity contribution in [1.82, 2.24) is 24.6 Å². The van der Waals surface area contributed by atoms with Crippen molar-refractivity contribution in [3.63, 3.8) is 0 Å². The predicted octanol–water partition coefficient (Wildman–Crippen LogP) is 5.65. The summed E-state index contributed by atoms with van der Waals surface area (Å²) in [6, 6.07) is 9.05. The fourth-order valence-electron chi connectivity index (χ4n) is 4.51. The lowest BCUT2D eigenvalue weighted by atomic mass is 10.1. The van der Waals surface area contributed by atoms with E-state index in [2.05, 4.69) is 41.4 Å². The molecule has 0 atom stereocenters. The molecular formula is C29H44N6O4Si. The van der Waals surface area contributed by atoms with Crippen LogP contribution in [0.2, 0.25) is 25.7 Å². The molecule has 218 valence electrons. The highest BCUT2D eigenvalue weighted by Crippen LogP contribution is 2.32. The van der Waals surface area contributed by atoms with Gasteiger partial charge in [0.05, 0.1) is 29.6 Å². The van der Waals surface area contributed by atoms with Crippen LogP contribution in [0.5, 0.6) is 5.75 Å². The van der Waals surface area contributed by atoms with Crippen molar-refractivity contribution >= 4 is 30.9 Å². The van der Waals surface area contributed by atoms with Crippen LogP contribution in [0.25, 0.3) is 22.3 Å². The van der Waals surface area contributed by atoms with Gasteiger partial charge in [-0.15, -0.1) is 0 Å². The summed E-state index contributed by atoms with van der Waals surface area (Å²) < 4.78 is 19.4. The van der Waals surface area contributed by atoms with E-state index < -0.39 is 8.07 Å².